The lowest BCUT2D eigenvalue weighted by Crippen LogP contribution is -2.09. The second-order valence-corrected chi connectivity index (χ2v) is 9.54. The molecule has 0 N–H and O–H groups in total. The predicted molar refractivity (Wildman–Crippen MR) is 163 cm³/mol. The van der Waals surface area contributed by atoms with Crippen LogP contribution >= 0.6 is 0 Å². The van der Waals surface area contributed by atoms with Crippen molar-refractivity contribution in [1.29, 1.82) is 0 Å². The largest absolute Gasteiger partial charge is 0.493 e. The molecule has 0 aliphatic rings. The highest BCUT2D eigenvalue weighted by Crippen LogP contribution is 2.38. The molecule has 5 rings (SSSR count). The molecule has 0 saturated heterocycles. The summed E-state index contributed by atoms with van der Waals surface area (Å²) in [6.07, 6.45) is 3.10. The van der Waals surface area contributed by atoms with Gasteiger partial charge in [-0.3, -0.25) is 4.79 Å². The van der Waals surface area contributed by atoms with E-state index in [2.05, 4.69) is 0 Å². The third kappa shape index (κ3) is 6.54. The Kier molecular flexibility index (Phi) is 8.77. The van der Waals surface area contributed by atoms with E-state index in [0.717, 1.165) is 5.56 Å². The van der Waals surface area contributed by atoms with E-state index in [9.17, 15) is 9.59 Å². The molecule has 0 radical (unpaired) electrons. The molecule has 1 aromatic heterocycles. The minimum Gasteiger partial charge on any atom is -0.493 e. The second kappa shape index (κ2) is 13.0. The van der Waals surface area contributed by atoms with Crippen molar-refractivity contribution in [1.82, 2.24) is 0 Å². The summed E-state index contributed by atoms with van der Waals surface area (Å²) < 4.78 is 33.5. The smallest absolute Gasteiger partial charge is 0.347 e. The average molecular weight is 579 g/mol. The third-order valence-corrected chi connectivity index (χ3v) is 6.75. The summed E-state index contributed by atoms with van der Waals surface area (Å²) >= 11 is 0. The zero-order valence-electron chi connectivity index (χ0n) is 24.2. The normalized spacial score (nSPS) is 11.0. The number of fused-ring (bicyclic) bond motifs is 1. The van der Waals surface area contributed by atoms with Gasteiger partial charge in [0, 0.05) is 10.9 Å². The molecule has 0 aliphatic heterocycles. The monoisotopic (exact) mass is 578 g/mol. The molecule has 43 heavy (non-hydrogen) atoms. The number of allylic oxidation sites excluding steroid dienone is 1. The lowest BCUT2D eigenvalue weighted by Gasteiger charge is -2.12. The van der Waals surface area contributed by atoms with Crippen molar-refractivity contribution >= 4 is 28.8 Å². The molecule has 0 bridgehead atoms. The Morgan fingerprint density at radius 1 is 0.791 bits per heavy atom. The van der Waals surface area contributed by atoms with Crippen molar-refractivity contribution in [2.24, 2.45) is 0 Å². The van der Waals surface area contributed by atoms with E-state index in [-0.39, 0.29) is 5.78 Å². The summed E-state index contributed by atoms with van der Waals surface area (Å²) in [5.74, 6) is 1.96. The molecule has 1 heterocycles. The topological polar surface area (TPSA) is 93.4 Å². The predicted octanol–water partition coefficient (Wildman–Crippen LogP) is 7.46. The maximum absolute atomic E-state index is 13.2. The van der Waals surface area contributed by atoms with Gasteiger partial charge in [-0.1, -0.05) is 36.4 Å². The van der Waals surface area contributed by atoms with Crippen LogP contribution in [-0.4, -0.2) is 33.1 Å². The molecule has 0 fully saturated rings. The van der Waals surface area contributed by atoms with E-state index in [4.69, 9.17) is 28.1 Å². The number of hydrogen-bond acceptors (Lipinski definition) is 8. The van der Waals surface area contributed by atoms with Crippen molar-refractivity contribution in [3.8, 4) is 28.7 Å². The summed E-state index contributed by atoms with van der Waals surface area (Å²) in [4.78, 5) is 26.0. The van der Waals surface area contributed by atoms with Gasteiger partial charge in [0.1, 0.15) is 35.0 Å². The highest BCUT2D eigenvalue weighted by atomic mass is 16.5. The van der Waals surface area contributed by atoms with E-state index in [1.54, 1.807) is 67.6 Å². The van der Waals surface area contributed by atoms with Crippen molar-refractivity contribution < 1.29 is 37.7 Å². The Balaban J connectivity index is 1.28. The molecule has 8 heteroatoms. The lowest BCUT2D eigenvalue weighted by atomic mass is 10.1. The van der Waals surface area contributed by atoms with Crippen molar-refractivity contribution in [3.05, 3.63) is 119 Å². The van der Waals surface area contributed by atoms with Gasteiger partial charge in [-0.05, 0) is 78.7 Å². The van der Waals surface area contributed by atoms with Crippen molar-refractivity contribution in [3.63, 3.8) is 0 Å². The molecule has 0 spiro atoms. The van der Waals surface area contributed by atoms with Crippen LogP contribution < -0.4 is 23.7 Å². The molecule has 4 aromatic carbocycles. The first-order valence-corrected chi connectivity index (χ1v) is 13.4. The Labute approximate surface area is 249 Å². The van der Waals surface area contributed by atoms with Gasteiger partial charge in [0.25, 0.3) is 0 Å². The second-order valence-electron chi connectivity index (χ2n) is 9.54. The lowest BCUT2D eigenvalue weighted by molar-refractivity contribution is 0.0734. The number of hydrogen-bond donors (Lipinski definition) is 0. The minimum absolute atomic E-state index is 0.230. The van der Waals surface area contributed by atoms with E-state index < -0.39 is 5.97 Å². The highest BCUT2D eigenvalue weighted by molar-refractivity contribution is 6.07. The van der Waals surface area contributed by atoms with Crippen LogP contribution in [0.2, 0.25) is 0 Å². The highest BCUT2D eigenvalue weighted by Gasteiger charge is 2.21. The van der Waals surface area contributed by atoms with E-state index >= 15 is 0 Å². The number of methoxy groups -OCH3 is 3. The van der Waals surface area contributed by atoms with Gasteiger partial charge in [-0.15, -0.1) is 0 Å². The number of ether oxygens (including phenoxy) is 5. The Bertz CT molecular complexity index is 1760. The Hall–Kier alpha value is -5.50. The molecule has 8 nitrogen and oxygen atoms in total. The number of aryl methyl sites for hydroxylation is 1. The standard InChI is InChI=1S/C35H30O8/c1-22-33(28-20-27(15-17-30(28)42-22)41-21-23-8-6-5-7-9-23)35(37)43-26-13-11-25(12-14-26)29(36)16-10-24-18-31(38-2)34(40-4)32(19-24)39-3/h5-20H,21H2,1-4H3. The van der Waals surface area contributed by atoms with Crippen LogP contribution in [0.1, 0.15) is 37.6 Å². The van der Waals surface area contributed by atoms with Crippen LogP contribution in [0, 0.1) is 6.92 Å². The average Bonchev–Trinajstić information content (AvgIpc) is 3.37. The van der Waals surface area contributed by atoms with Gasteiger partial charge in [0.2, 0.25) is 5.75 Å². The number of ketones is 1. The molecule has 0 saturated carbocycles. The summed E-state index contributed by atoms with van der Waals surface area (Å²) in [5, 5.41) is 0.594. The first kappa shape index (κ1) is 29.0. The van der Waals surface area contributed by atoms with Crippen LogP contribution in [0.5, 0.6) is 28.7 Å². The van der Waals surface area contributed by atoms with Crippen molar-refractivity contribution in [2.75, 3.05) is 21.3 Å². The molecular formula is C35H30O8. The van der Waals surface area contributed by atoms with Gasteiger partial charge in [-0.25, -0.2) is 4.79 Å². The van der Waals surface area contributed by atoms with Crippen LogP contribution in [0.25, 0.3) is 17.0 Å². The first-order valence-electron chi connectivity index (χ1n) is 13.4. The third-order valence-electron chi connectivity index (χ3n) is 6.75. The number of carbonyl (C=O) groups is 2. The summed E-state index contributed by atoms with van der Waals surface area (Å²) in [6, 6.07) is 25.0. The maximum Gasteiger partial charge on any atom is 0.347 e. The molecule has 0 amide bonds. The number of esters is 1. The zero-order chi connectivity index (χ0) is 30.3. The van der Waals surface area contributed by atoms with Crippen LogP contribution in [-0.2, 0) is 6.61 Å². The number of carbonyl (C=O) groups excluding carboxylic acids is 2. The summed E-state index contributed by atoms with van der Waals surface area (Å²) in [6.45, 7) is 2.11. The fourth-order valence-corrected chi connectivity index (χ4v) is 4.59. The molecule has 0 unspecified atom stereocenters. The van der Waals surface area contributed by atoms with Gasteiger partial charge >= 0.3 is 5.97 Å². The van der Waals surface area contributed by atoms with Crippen LogP contribution in [0.4, 0.5) is 0 Å². The van der Waals surface area contributed by atoms with Gasteiger partial charge in [0.05, 0.1) is 21.3 Å². The molecular weight excluding hydrogens is 548 g/mol. The fourth-order valence-electron chi connectivity index (χ4n) is 4.59. The van der Waals surface area contributed by atoms with Gasteiger partial charge < -0.3 is 28.1 Å². The van der Waals surface area contributed by atoms with Crippen molar-refractivity contribution in [2.45, 2.75) is 13.5 Å². The molecule has 218 valence electrons. The number of furan rings is 1. The van der Waals surface area contributed by atoms with Gasteiger partial charge in [-0.2, -0.15) is 0 Å². The Morgan fingerprint density at radius 2 is 1.47 bits per heavy atom. The zero-order valence-corrected chi connectivity index (χ0v) is 24.2. The molecule has 0 atom stereocenters. The fraction of sp³-hybridized carbons (Fsp3) is 0.143. The van der Waals surface area contributed by atoms with Gasteiger partial charge in [0.15, 0.2) is 17.3 Å². The number of benzene rings is 4. The van der Waals surface area contributed by atoms with E-state index in [1.165, 1.54) is 27.4 Å². The van der Waals surface area contributed by atoms with Crippen LogP contribution in [0.15, 0.2) is 95.4 Å². The molecule has 0 aliphatic carbocycles. The molecule has 5 aromatic rings. The number of rotatable bonds is 11. The quantitative estimate of drug-likeness (QED) is 0.0690. The summed E-state index contributed by atoms with van der Waals surface area (Å²) in [7, 11) is 4.58. The first-order chi connectivity index (χ1) is 20.9. The van der Waals surface area contributed by atoms with E-state index in [0.29, 0.717) is 68.8 Å². The maximum atomic E-state index is 13.2. The van der Waals surface area contributed by atoms with E-state index in [1.807, 2.05) is 30.3 Å². The van der Waals surface area contributed by atoms with Crippen LogP contribution in [0.3, 0.4) is 0 Å². The Morgan fingerprint density at radius 3 is 2.12 bits per heavy atom. The minimum atomic E-state index is -0.571. The SMILES string of the molecule is COc1cc(C=CC(=O)c2ccc(OC(=O)c3c(C)oc4ccc(OCc5ccccc5)cc34)cc2)cc(OC)c1OC. The summed E-state index contributed by atoms with van der Waals surface area (Å²) in [5.41, 5.74) is 3.02.